The van der Waals surface area contributed by atoms with Crippen molar-refractivity contribution in [3.05, 3.63) is 46.8 Å². The van der Waals surface area contributed by atoms with E-state index in [1.165, 1.54) is 4.90 Å². The van der Waals surface area contributed by atoms with Crippen molar-refractivity contribution in [2.45, 2.75) is 33.6 Å². The van der Waals surface area contributed by atoms with Gasteiger partial charge in [0.1, 0.15) is 0 Å². The molecule has 2 rings (SSSR count). The van der Waals surface area contributed by atoms with Gasteiger partial charge in [0.2, 0.25) is 11.8 Å². The maximum absolute atomic E-state index is 12.3. The molecule has 0 aliphatic carbocycles. The van der Waals surface area contributed by atoms with Crippen molar-refractivity contribution in [1.82, 2.24) is 14.7 Å². The Bertz CT molecular complexity index is 762. The van der Waals surface area contributed by atoms with Gasteiger partial charge in [-0.05, 0) is 44.9 Å². The van der Waals surface area contributed by atoms with Gasteiger partial charge in [-0.3, -0.25) is 14.3 Å². The number of carbonyl (C=O) groups excluding carboxylic acids is 2. The molecular formula is C19H26N4O2. The van der Waals surface area contributed by atoms with Crippen LogP contribution in [0.1, 0.15) is 28.9 Å². The summed E-state index contributed by atoms with van der Waals surface area (Å²) in [6.45, 7) is 5.98. The van der Waals surface area contributed by atoms with Crippen molar-refractivity contribution in [3.8, 4) is 0 Å². The first kappa shape index (κ1) is 18.7. The summed E-state index contributed by atoms with van der Waals surface area (Å²) < 4.78 is 1.83. The van der Waals surface area contributed by atoms with Crippen LogP contribution in [0, 0.1) is 20.8 Å². The molecule has 6 heteroatoms. The largest absolute Gasteiger partial charge is 0.336 e. The van der Waals surface area contributed by atoms with Crippen molar-refractivity contribution in [1.29, 1.82) is 0 Å². The minimum atomic E-state index is -0.201. The van der Waals surface area contributed by atoms with Gasteiger partial charge in [-0.15, -0.1) is 0 Å². The van der Waals surface area contributed by atoms with E-state index < -0.39 is 0 Å². The quantitative estimate of drug-likeness (QED) is 0.876. The second-order valence-electron chi connectivity index (χ2n) is 6.44. The average molecular weight is 342 g/mol. The van der Waals surface area contributed by atoms with E-state index >= 15 is 0 Å². The fourth-order valence-electron chi connectivity index (χ4n) is 2.74. The molecule has 2 amide bonds. The van der Waals surface area contributed by atoms with Crippen molar-refractivity contribution >= 4 is 17.5 Å². The second-order valence-corrected chi connectivity index (χ2v) is 6.44. The number of hydrogen-bond donors (Lipinski definition) is 1. The number of rotatable bonds is 6. The Morgan fingerprint density at radius 2 is 1.80 bits per heavy atom. The molecule has 0 aliphatic rings. The second kappa shape index (κ2) is 7.96. The van der Waals surface area contributed by atoms with Crippen LogP contribution in [0.25, 0.3) is 0 Å². The van der Waals surface area contributed by atoms with Gasteiger partial charge >= 0.3 is 0 Å². The van der Waals surface area contributed by atoms with Crippen molar-refractivity contribution in [3.63, 3.8) is 0 Å². The molecule has 25 heavy (non-hydrogen) atoms. The average Bonchev–Trinajstić information content (AvgIpc) is 2.80. The number of carbonyl (C=O) groups is 2. The molecule has 6 nitrogen and oxygen atoms in total. The fourth-order valence-corrected chi connectivity index (χ4v) is 2.74. The van der Waals surface area contributed by atoms with Crippen LogP contribution in [-0.2, 0) is 23.1 Å². The van der Waals surface area contributed by atoms with Crippen LogP contribution in [0.3, 0.4) is 0 Å². The van der Waals surface area contributed by atoms with Crippen LogP contribution < -0.4 is 5.32 Å². The van der Waals surface area contributed by atoms with Crippen LogP contribution in [0.4, 0.5) is 5.69 Å². The molecular weight excluding hydrogens is 316 g/mol. The predicted octanol–water partition coefficient (Wildman–Crippen LogP) is 2.38. The summed E-state index contributed by atoms with van der Waals surface area (Å²) in [5.41, 5.74) is 5.00. The van der Waals surface area contributed by atoms with E-state index in [4.69, 9.17) is 0 Å². The van der Waals surface area contributed by atoms with E-state index in [1.807, 2.05) is 56.8 Å². The van der Waals surface area contributed by atoms with Gasteiger partial charge in [-0.1, -0.05) is 17.7 Å². The lowest BCUT2D eigenvalue weighted by Gasteiger charge is -2.17. The molecule has 0 bridgehead atoms. The zero-order chi connectivity index (χ0) is 18.6. The molecule has 0 spiro atoms. The number of likely N-dealkylation sites (N-methyl/N-ethyl adjacent to an activating group) is 1. The SMILES string of the molecule is Cc1ccc(NC(=O)CN(C)C(=O)CCc2c(C)nn(C)c2C)cc1. The monoisotopic (exact) mass is 342 g/mol. The van der Waals surface area contributed by atoms with E-state index in [0.717, 1.165) is 28.2 Å². The lowest BCUT2D eigenvalue weighted by molar-refractivity contribution is -0.133. The third kappa shape index (κ3) is 4.92. The van der Waals surface area contributed by atoms with Gasteiger partial charge in [0.05, 0.1) is 12.2 Å². The minimum Gasteiger partial charge on any atom is -0.336 e. The van der Waals surface area contributed by atoms with Crippen molar-refractivity contribution < 1.29 is 9.59 Å². The van der Waals surface area contributed by atoms with Gasteiger partial charge in [-0.25, -0.2) is 0 Å². The maximum atomic E-state index is 12.3. The molecule has 0 fully saturated rings. The highest BCUT2D eigenvalue weighted by Crippen LogP contribution is 2.14. The Morgan fingerprint density at radius 1 is 1.16 bits per heavy atom. The molecule has 134 valence electrons. The molecule has 1 aromatic heterocycles. The Labute approximate surface area is 148 Å². The molecule has 0 saturated carbocycles. The first-order valence-corrected chi connectivity index (χ1v) is 8.37. The molecule has 0 aliphatic heterocycles. The molecule has 0 saturated heterocycles. The summed E-state index contributed by atoms with van der Waals surface area (Å²) in [5, 5.41) is 7.17. The van der Waals surface area contributed by atoms with E-state index in [-0.39, 0.29) is 18.4 Å². The lowest BCUT2D eigenvalue weighted by Crippen LogP contribution is -2.35. The van der Waals surface area contributed by atoms with Crippen LogP contribution in [-0.4, -0.2) is 40.1 Å². The van der Waals surface area contributed by atoms with E-state index in [9.17, 15) is 9.59 Å². The van der Waals surface area contributed by atoms with E-state index in [1.54, 1.807) is 7.05 Å². The van der Waals surface area contributed by atoms with Gasteiger partial charge in [0, 0.05) is 31.9 Å². The highest BCUT2D eigenvalue weighted by molar-refractivity contribution is 5.94. The molecule has 1 aromatic carbocycles. The Kier molecular flexibility index (Phi) is 5.96. The summed E-state index contributed by atoms with van der Waals surface area (Å²) in [6, 6.07) is 7.57. The fraction of sp³-hybridized carbons (Fsp3) is 0.421. The summed E-state index contributed by atoms with van der Waals surface area (Å²) in [5.74, 6) is -0.254. The van der Waals surface area contributed by atoms with Gasteiger partial charge in [-0.2, -0.15) is 5.10 Å². The van der Waals surface area contributed by atoms with Crippen LogP contribution in [0.15, 0.2) is 24.3 Å². The number of aromatic nitrogens is 2. The normalized spacial score (nSPS) is 10.6. The number of anilines is 1. The first-order valence-electron chi connectivity index (χ1n) is 8.37. The van der Waals surface area contributed by atoms with Gasteiger partial charge < -0.3 is 10.2 Å². The molecule has 0 atom stereocenters. The zero-order valence-corrected chi connectivity index (χ0v) is 15.6. The van der Waals surface area contributed by atoms with Crippen molar-refractivity contribution in [2.24, 2.45) is 7.05 Å². The third-order valence-corrected chi connectivity index (χ3v) is 4.39. The summed E-state index contributed by atoms with van der Waals surface area (Å²) >= 11 is 0. The van der Waals surface area contributed by atoms with E-state index in [0.29, 0.717) is 12.8 Å². The standard InChI is InChI=1S/C19H26N4O2/c1-13-6-8-16(9-7-13)20-18(24)12-22(4)19(25)11-10-17-14(2)21-23(5)15(17)3/h6-9H,10-12H2,1-5H3,(H,20,24). The van der Waals surface area contributed by atoms with Crippen LogP contribution in [0.2, 0.25) is 0 Å². The number of aryl methyl sites for hydroxylation is 3. The number of nitrogens with zero attached hydrogens (tertiary/aromatic N) is 3. The number of nitrogens with one attached hydrogen (secondary N) is 1. The van der Waals surface area contributed by atoms with Gasteiger partial charge in [0.25, 0.3) is 0 Å². The number of benzene rings is 1. The molecule has 1 heterocycles. The molecule has 0 unspecified atom stereocenters. The Balaban J connectivity index is 1.85. The highest BCUT2D eigenvalue weighted by Gasteiger charge is 2.16. The van der Waals surface area contributed by atoms with Gasteiger partial charge in [0.15, 0.2) is 0 Å². The Morgan fingerprint density at radius 3 is 2.36 bits per heavy atom. The molecule has 2 aromatic rings. The summed E-state index contributed by atoms with van der Waals surface area (Å²) in [6.07, 6.45) is 0.996. The van der Waals surface area contributed by atoms with Crippen LogP contribution >= 0.6 is 0 Å². The first-order chi connectivity index (χ1) is 11.8. The number of hydrogen-bond acceptors (Lipinski definition) is 3. The maximum Gasteiger partial charge on any atom is 0.243 e. The third-order valence-electron chi connectivity index (χ3n) is 4.39. The minimum absolute atomic E-state index is 0.0394. The predicted molar refractivity (Wildman–Crippen MR) is 98.4 cm³/mol. The molecule has 0 radical (unpaired) electrons. The topological polar surface area (TPSA) is 67.2 Å². The summed E-state index contributed by atoms with van der Waals surface area (Å²) in [7, 11) is 3.55. The van der Waals surface area contributed by atoms with E-state index in [2.05, 4.69) is 10.4 Å². The van der Waals surface area contributed by atoms with Crippen molar-refractivity contribution in [2.75, 3.05) is 18.9 Å². The number of amides is 2. The smallest absolute Gasteiger partial charge is 0.243 e. The summed E-state index contributed by atoms with van der Waals surface area (Å²) in [4.78, 5) is 25.8. The highest BCUT2D eigenvalue weighted by atomic mass is 16.2. The van der Waals surface area contributed by atoms with Crippen LogP contribution in [0.5, 0.6) is 0 Å². The molecule has 1 N–H and O–H groups in total. The Hall–Kier alpha value is -2.63. The zero-order valence-electron chi connectivity index (χ0n) is 15.6. The lowest BCUT2D eigenvalue weighted by atomic mass is 10.1.